The average Bonchev–Trinajstić information content (AvgIpc) is 2.99. The van der Waals surface area contributed by atoms with E-state index in [2.05, 4.69) is 42.0 Å². The summed E-state index contributed by atoms with van der Waals surface area (Å²) in [6.07, 6.45) is 2.62. The number of amidine groups is 1. The van der Waals surface area contributed by atoms with Crippen LogP contribution < -0.4 is 10.2 Å². The predicted molar refractivity (Wildman–Crippen MR) is 129 cm³/mol. The number of halogens is 1. The van der Waals surface area contributed by atoms with Crippen LogP contribution in [0.5, 0.6) is 0 Å². The van der Waals surface area contributed by atoms with Crippen LogP contribution in [0.15, 0.2) is 40.2 Å². The number of carbonyl (C=O) groups excluding carboxylic acids is 1. The minimum absolute atomic E-state index is 0.0282. The number of amides is 1. The molecule has 2 aliphatic heterocycles. The van der Waals surface area contributed by atoms with Gasteiger partial charge in [-0.25, -0.2) is 9.38 Å². The van der Waals surface area contributed by atoms with Gasteiger partial charge in [0.15, 0.2) is 5.17 Å². The van der Waals surface area contributed by atoms with E-state index in [9.17, 15) is 4.79 Å². The Balaban J connectivity index is 1.66. The Morgan fingerprint density at radius 2 is 1.87 bits per heavy atom. The highest BCUT2D eigenvalue weighted by Gasteiger charge is 2.35. The molecule has 1 N–H and O–H groups in total. The van der Waals surface area contributed by atoms with Gasteiger partial charge in [0.2, 0.25) is 0 Å². The highest BCUT2D eigenvalue weighted by atomic mass is 32.2. The van der Waals surface area contributed by atoms with Crippen molar-refractivity contribution in [3.63, 3.8) is 0 Å². The number of anilines is 1. The zero-order valence-electron chi connectivity index (χ0n) is 18.8. The molecule has 2 aromatic rings. The third kappa shape index (κ3) is 4.26. The summed E-state index contributed by atoms with van der Waals surface area (Å²) in [4.78, 5) is 19.7. The Morgan fingerprint density at radius 3 is 2.55 bits per heavy atom. The molecule has 1 amide bonds. The number of aliphatic imine (C=N–C) groups is 1. The minimum Gasteiger partial charge on any atom is -0.369 e. The molecule has 0 aromatic heterocycles. The van der Waals surface area contributed by atoms with Gasteiger partial charge in [0, 0.05) is 23.8 Å². The van der Waals surface area contributed by atoms with Crippen LogP contribution in [-0.2, 0) is 4.79 Å². The van der Waals surface area contributed by atoms with Crippen molar-refractivity contribution in [3.05, 3.63) is 63.3 Å². The second-order valence-electron chi connectivity index (χ2n) is 9.24. The summed E-state index contributed by atoms with van der Waals surface area (Å²) >= 11 is 1.24. The van der Waals surface area contributed by atoms with Crippen LogP contribution in [0.3, 0.4) is 0 Å². The predicted octanol–water partition coefficient (Wildman–Crippen LogP) is 6.06. The summed E-state index contributed by atoms with van der Waals surface area (Å²) in [5.74, 6) is -0.265. The molecule has 2 aromatic carbocycles. The van der Waals surface area contributed by atoms with E-state index in [-0.39, 0.29) is 17.3 Å². The fourth-order valence-electron chi connectivity index (χ4n) is 4.47. The van der Waals surface area contributed by atoms with Crippen molar-refractivity contribution in [2.24, 2.45) is 4.99 Å². The highest BCUT2D eigenvalue weighted by molar-refractivity contribution is 8.18. The van der Waals surface area contributed by atoms with Gasteiger partial charge in [0.1, 0.15) is 5.82 Å². The Labute approximate surface area is 187 Å². The summed E-state index contributed by atoms with van der Waals surface area (Å²) < 4.78 is 15.0. The second-order valence-corrected chi connectivity index (χ2v) is 10.3. The maximum Gasteiger partial charge on any atom is 0.264 e. The van der Waals surface area contributed by atoms with Crippen LogP contribution in [-0.4, -0.2) is 23.7 Å². The Kier molecular flexibility index (Phi) is 5.46. The normalized spacial score (nSPS) is 22.7. The number of aryl methyl sites for hydroxylation is 2. The number of rotatable bonds is 2. The van der Waals surface area contributed by atoms with Crippen molar-refractivity contribution in [1.29, 1.82) is 0 Å². The topological polar surface area (TPSA) is 44.7 Å². The SMILES string of the molecule is Cc1cc(C)cc(N=C2NC(=O)/C(=C\c3cc4c(cc3F)N(C)C(C)(C)CC4C)S2)c1. The number of hydrogen-bond acceptors (Lipinski definition) is 4. The molecule has 0 radical (unpaired) electrons. The second kappa shape index (κ2) is 7.83. The van der Waals surface area contributed by atoms with Crippen LogP contribution in [0.2, 0.25) is 0 Å². The lowest BCUT2D eigenvalue weighted by atomic mass is 9.80. The molecule has 1 unspecified atom stereocenters. The first-order valence-corrected chi connectivity index (χ1v) is 11.3. The van der Waals surface area contributed by atoms with Crippen LogP contribution >= 0.6 is 11.8 Å². The third-order valence-corrected chi connectivity index (χ3v) is 7.04. The standard InChI is InChI=1S/C25H28FN3OS/c1-14-7-15(2)9-18(8-14)27-24-28-23(30)22(31-24)11-17-10-19-16(3)13-25(4,5)29(6)21(19)12-20(17)26/h7-12,16H,13H2,1-6H3,(H,27,28,30)/b22-11+. The van der Waals surface area contributed by atoms with Crippen LogP contribution in [0.25, 0.3) is 6.08 Å². The molecule has 6 heteroatoms. The lowest BCUT2D eigenvalue weighted by Gasteiger charge is -2.45. The average molecular weight is 438 g/mol. The molecule has 1 saturated heterocycles. The smallest absolute Gasteiger partial charge is 0.264 e. The summed E-state index contributed by atoms with van der Waals surface area (Å²) in [7, 11) is 2.01. The van der Waals surface area contributed by atoms with Gasteiger partial charge < -0.3 is 10.2 Å². The number of thioether (sulfide) groups is 1. The number of nitrogens with zero attached hydrogens (tertiary/aromatic N) is 2. The molecule has 4 rings (SSSR count). The van der Waals surface area contributed by atoms with Gasteiger partial charge in [0.05, 0.1) is 10.6 Å². The van der Waals surface area contributed by atoms with E-state index in [0.717, 1.165) is 34.5 Å². The molecule has 0 aliphatic carbocycles. The van der Waals surface area contributed by atoms with Crippen LogP contribution in [0.4, 0.5) is 15.8 Å². The van der Waals surface area contributed by atoms with Crippen molar-refractivity contribution in [2.45, 2.75) is 52.5 Å². The van der Waals surface area contributed by atoms with E-state index in [1.807, 2.05) is 39.1 Å². The summed E-state index contributed by atoms with van der Waals surface area (Å²) in [5, 5.41) is 3.30. The number of carbonyl (C=O) groups is 1. The highest BCUT2D eigenvalue weighted by Crippen LogP contribution is 2.43. The van der Waals surface area contributed by atoms with E-state index in [0.29, 0.717) is 21.6 Å². The number of fused-ring (bicyclic) bond motifs is 1. The molecule has 0 saturated carbocycles. The molecule has 2 heterocycles. The van der Waals surface area contributed by atoms with Crippen LogP contribution in [0, 0.1) is 19.7 Å². The van der Waals surface area contributed by atoms with Crippen molar-refractivity contribution in [2.75, 3.05) is 11.9 Å². The van der Waals surface area contributed by atoms with Crippen LogP contribution in [0.1, 0.15) is 55.4 Å². The zero-order valence-corrected chi connectivity index (χ0v) is 19.7. The number of hydrogen-bond donors (Lipinski definition) is 1. The van der Waals surface area contributed by atoms with Gasteiger partial charge >= 0.3 is 0 Å². The van der Waals surface area contributed by atoms with Gasteiger partial charge in [0.25, 0.3) is 5.91 Å². The fraction of sp³-hybridized carbons (Fsp3) is 0.360. The monoisotopic (exact) mass is 437 g/mol. The summed E-state index contributed by atoms with van der Waals surface area (Å²) in [6, 6.07) is 9.50. The summed E-state index contributed by atoms with van der Waals surface area (Å²) in [5.41, 5.74) is 5.46. The molecule has 162 valence electrons. The Hall–Kier alpha value is -2.60. The lowest BCUT2D eigenvalue weighted by Crippen LogP contribution is -2.45. The van der Waals surface area contributed by atoms with Gasteiger partial charge in [-0.3, -0.25) is 4.79 Å². The first-order valence-electron chi connectivity index (χ1n) is 10.5. The van der Waals surface area contributed by atoms with E-state index in [4.69, 9.17) is 0 Å². The molecule has 0 spiro atoms. The minimum atomic E-state index is -0.323. The van der Waals surface area contributed by atoms with E-state index >= 15 is 4.39 Å². The summed E-state index contributed by atoms with van der Waals surface area (Å²) in [6.45, 7) is 10.6. The molecular weight excluding hydrogens is 409 g/mol. The van der Waals surface area contributed by atoms with E-state index in [1.165, 1.54) is 11.8 Å². The maximum absolute atomic E-state index is 15.0. The number of nitrogens with one attached hydrogen (secondary N) is 1. The molecule has 0 bridgehead atoms. The van der Waals surface area contributed by atoms with Gasteiger partial charge in [-0.1, -0.05) is 13.0 Å². The van der Waals surface area contributed by atoms with Gasteiger partial charge in [-0.05, 0) is 98.8 Å². The first kappa shape index (κ1) is 21.6. The molecule has 4 nitrogen and oxygen atoms in total. The maximum atomic E-state index is 15.0. The lowest BCUT2D eigenvalue weighted by molar-refractivity contribution is -0.115. The molecular formula is C25H28FN3OS. The third-order valence-electron chi connectivity index (χ3n) is 6.13. The Bertz CT molecular complexity index is 1120. The molecule has 1 fully saturated rings. The van der Waals surface area contributed by atoms with Gasteiger partial charge in [-0.2, -0.15) is 0 Å². The molecule has 2 aliphatic rings. The zero-order chi connectivity index (χ0) is 22.5. The molecule has 31 heavy (non-hydrogen) atoms. The van der Waals surface area contributed by atoms with Crippen molar-refractivity contribution in [3.8, 4) is 0 Å². The van der Waals surface area contributed by atoms with E-state index in [1.54, 1.807) is 12.1 Å². The first-order chi connectivity index (χ1) is 14.5. The fourth-order valence-corrected chi connectivity index (χ4v) is 5.30. The van der Waals surface area contributed by atoms with E-state index < -0.39 is 0 Å². The van der Waals surface area contributed by atoms with Crippen molar-refractivity contribution < 1.29 is 9.18 Å². The quantitative estimate of drug-likeness (QED) is 0.581. The van der Waals surface area contributed by atoms with Gasteiger partial charge in [-0.15, -0.1) is 0 Å². The molecule has 1 atom stereocenters. The van der Waals surface area contributed by atoms with Crippen molar-refractivity contribution in [1.82, 2.24) is 5.32 Å². The number of benzene rings is 2. The largest absolute Gasteiger partial charge is 0.369 e. The Morgan fingerprint density at radius 1 is 1.19 bits per heavy atom. The van der Waals surface area contributed by atoms with Crippen molar-refractivity contribution >= 4 is 40.3 Å².